The number of fused-ring (bicyclic) bond motifs is 1. The van der Waals surface area contributed by atoms with E-state index in [-0.39, 0.29) is 5.41 Å². The van der Waals surface area contributed by atoms with Gasteiger partial charge in [-0.3, -0.25) is 0 Å². The van der Waals surface area contributed by atoms with Crippen LogP contribution in [0.1, 0.15) is 24.5 Å². The number of aliphatic hydroxyl groups is 1. The van der Waals surface area contributed by atoms with Crippen molar-refractivity contribution in [2.75, 3.05) is 20.3 Å². The number of methoxy groups -OCH3 is 1. The van der Waals surface area contributed by atoms with Gasteiger partial charge in [0, 0.05) is 19.1 Å². The van der Waals surface area contributed by atoms with Crippen molar-refractivity contribution in [3.05, 3.63) is 35.4 Å². The van der Waals surface area contributed by atoms with Gasteiger partial charge in [0.05, 0.1) is 12.2 Å². The lowest BCUT2D eigenvalue weighted by Gasteiger charge is -2.42. The van der Waals surface area contributed by atoms with Crippen LogP contribution >= 0.6 is 0 Å². The van der Waals surface area contributed by atoms with Gasteiger partial charge < -0.3 is 15.6 Å². The zero-order valence-electron chi connectivity index (χ0n) is 10.6. The molecule has 1 aromatic rings. The normalized spacial score (nSPS) is 26.6. The van der Waals surface area contributed by atoms with E-state index >= 15 is 0 Å². The van der Waals surface area contributed by atoms with Gasteiger partial charge in [-0.1, -0.05) is 24.3 Å². The fourth-order valence-corrected chi connectivity index (χ4v) is 3.10. The number of nitrogens with two attached hydrogens (primary N) is 1. The largest absolute Gasteiger partial charge is 0.387 e. The number of hydrogen-bond acceptors (Lipinski definition) is 3. The zero-order chi connectivity index (χ0) is 12.5. The van der Waals surface area contributed by atoms with Gasteiger partial charge in [-0.15, -0.1) is 0 Å². The topological polar surface area (TPSA) is 55.5 Å². The molecule has 17 heavy (non-hydrogen) atoms. The molecule has 0 aromatic heterocycles. The summed E-state index contributed by atoms with van der Waals surface area (Å²) in [5.41, 5.74) is 7.17. The Morgan fingerprint density at radius 2 is 2.18 bits per heavy atom. The predicted octanol–water partition coefficient (Wildman–Crippen LogP) is 1.23. The summed E-state index contributed by atoms with van der Waals surface area (Å²) >= 11 is 0. The molecule has 0 heterocycles. The van der Waals surface area contributed by atoms with Crippen molar-refractivity contribution in [1.82, 2.24) is 0 Å². The summed E-state index contributed by atoms with van der Waals surface area (Å²) in [5.74, 6) is 0. The van der Waals surface area contributed by atoms with E-state index in [2.05, 4.69) is 12.1 Å². The summed E-state index contributed by atoms with van der Waals surface area (Å²) in [6.45, 7) is 2.57. The molecule has 0 amide bonds. The third-order valence-electron chi connectivity index (χ3n) is 4.16. The Balaban J connectivity index is 2.47. The van der Waals surface area contributed by atoms with Gasteiger partial charge in [0.25, 0.3) is 0 Å². The summed E-state index contributed by atoms with van der Waals surface area (Å²) in [6, 6.07) is 8.25. The van der Waals surface area contributed by atoms with E-state index in [4.69, 9.17) is 10.5 Å². The lowest BCUT2D eigenvalue weighted by atomic mass is 9.69. The highest BCUT2D eigenvalue weighted by Gasteiger charge is 2.50. The number of hydrogen-bond donors (Lipinski definition) is 2. The zero-order valence-corrected chi connectivity index (χ0v) is 10.6. The van der Waals surface area contributed by atoms with E-state index in [1.165, 1.54) is 11.1 Å². The first-order valence-corrected chi connectivity index (χ1v) is 6.07. The van der Waals surface area contributed by atoms with Crippen molar-refractivity contribution in [3.8, 4) is 0 Å². The third-order valence-corrected chi connectivity index (χ3v) is 4.16. The molecule has 0 saturated carbocycles. The van der Waals surface area contributed by atoms with Crippen molar-refractivity contribution in [2.45, 2.75) is 30.8 Å². The summed E-state index contributed by atoms with van der Waals surface area (Å²) in [5, 5.41) is 10.7. The Morgan fingerprint density at radius 1 is 1.47 bits per heavy atom. The molecule has 2 atom stereocenters. The van der Waals surface area contributed by atoms with Crippen LogP contribution in [0.2, 0.25) is 0 Å². The molecular formula is C14H21NO2. The smallest absolute Gasteiger partial charge is 0.0960 e. The highest BCUT2D eigenvalue weighted by Crippen LogP contribution is 2.45. The Labute approximate surface area is 103 Å². The number of ether oxygens (including phenoxy) is 1. The Hall–Kier alpha value is -0.900. The van der Waals surface area contributed by atoms with Crippen LogP contribution in [-0.2, 0) is 16.6 Å². The predicted molar refractivity (Wildman–Crippen MR) is 68.0 cm³/mol. The summed E-state index contributed by atoms with van der Waals surface area (Å²) in [4.78, 5) is 0. The molecule has 2 unspecified atom stereocenters. The van der Waals surface area contributed by atoms with Gasteiger partial charge in [0.15, 0.2) is 0 Å². The van der Waals surface area contributed by atoms with Crippen molar-refractivity contribution >= 4 is 0 Å². The maximum Gasteiger partial charge on any atom is 0.0960 e. The molecular weight excluding hydrogens is 214 g/mol. The van der Waals surface area contributed by atoms with E-state index < -0.39 is 5.60 Å². The minimum absolute atomic E-state index is 0.304. The lowest BCUT2D eigenvalue weighted by molar-refractivity contribution is -0.0739. The van der Waals surface area contributed by atoms with Crippen LogP contribution in [0.4, 0.5) is 0 Å². The fraction of sp³-hybridized carbons (Fsp3) is 0.571. The molecule has 0 radical (unpaired) electrons. The molecule has 0 saturated heterocycles. The molecule has 1 aliphatic rings. The van der Waals surface area contributed by atoms with Crippen molar-refractivity contribution in [3.63, 3.8) is 0 Å². The lowest BCUT2D eigenvalue weighted by Crippen LogP contribution is -2.55. The average molecular weight is 235 g/mol. The van der Waals surface area contributed by atoms with Crippen molar-refractivity contribution in [2.24, 2.45) is 5.73 Å². The molecule has 3 heteroatoms. The van der Waals surface area contributed by atoms with E-state index in [0.717, 1.165) is 12.8 Å². The maximum atomic E-state index is 10.7. The van der Waals surface area contributed by atoms with Crippen LogP contribution < -0.4 is 5.73 Å². The molecule has 1 aliphatic carbocycles. The molecule has 0 fully saturated rings. The second-order valence-corrected chi connectivity index (χ2v) is 5.15. The Morgan fingerprint density at radius 3 is 2.82 bits per heavy atom. The number of rotatable bonds is 4. The average Bonchev–Trinajstić information content (AvgIpc) is 2.69. The second kappa shape index (κ2) is 4.41. The van der Waals surface area contributed by atoms with Gasteiger partial charge in [-0.05, 0) is 30.9 Å². The molecule has 94 valence electrons. The molecule has 3 N–H and O–H groups in total. The molecule has 2 rings (SSSR count). The van der Waals surface area contributed by atoms with E-state index in [9.17, 15) is 5.11 Å². The van der Waals surface area contributed by atoms with Crippen LogP contribution in [-0.4, -0.2) is 31.0 Å². The van der Waals surface area contributed by atoms with Gasteiger partial charge >= 0.3 is 0 Å². The van der Waals surface area contributed by atoms with E-state index in [0.29, 0.717) is 13.2 Å². The van der Waals surface area contributed by atoms with Crippen LogP contribution in [0.3, 0.4) is 0 Å². The first-order chi connectivity index (χ1) is 8.07. The van der Waals surface area contributed by atoms with Gasteiger partial charge in [0.1, 0.15) is 0 Å². The fourth-order valence-electron chi connectivity index (χ4n) is 3.10. The van der Waals surface area contributed by atoms with E-state index in [1.807, 2.05) is 19.1 Å². The van der Waals surface area contributed by atoms with Crippen LogP contribution in [0, 0.1) is 0 Å². The summed E-state index contributed by atoms with van der Waals surface area (Å²) in [6.07, 6.45) is 1.87. The monoisotopic (exact) mass is 235 g/mol. The molecule has 0 spiro atoms. The number of aryl methyl sites for hydroxylation is 1. The summed E-state index contributed by atoms with van der Waals surface area (Å²) < 4.78 is 5.16. The van der Waals surface area contributed by atoms with Crippen LogP contribution in [0.5, 0.6) is 0 Å². The molecule has 0 aliphatic heterocycles. The highest BCUT2D eigenvalue weighted by molar-refractivity contribution is 5.42. The van der Waals surface area contributed by atoms with Gasteiger partial charge in [0.2, 0.25) is 0 Å². The quantitative estimate of drug-likeness (QED) is 0.825. The minimum atomic E-state index is -0.927. The third kappa shape index (κ3) is 1.79. The van der Waals surface area contributed by atoms with Gasteiger partial charge in [-0.2, -0.15) is 0 Å². The Kier molecular flexibility index (Phi) is 3.25. The highest BCUT2D eigenvalue weighted by atomic mass is 16.5. The van der Waals surface area contributed by atoms with Crippen molar-refractivity contribution in [1.29, 1.82) is 0 Å². The first-order valence-electron chi connectivity index (χ1n) is 6.07. The second-order valence-electron chi connectivity index (χ2n) is 5.15. The minimum Gasteiger partial charge on any atom is -0.387 e. The molecule has 0 bridgehead atoms. The van der Waals surface area contributed by atoms with Crippen LogP contribution in [0.25, 0.3) is 0 Å². The first kappa shape index (κ1) is 12.6. The Bertz CT molecular complexity index is 403. The standard InChI is InChI=1S/C14H21NO2/c1-13(16,10-17-2)14(9-15)8-7-11-5-3-4-6-12(11)14/h3-6,16H,7-10,15H2,1-2H3. The molecule has 3 nitrogen and oxygen atoms in total. The van der Waals surface area contributed by atoms with Crippen LogP contribution in [0.15, 0.2) is 24.3 Å². The molecule has 1 aromatic carbocycles. The maximum absolute atomic E-state index is 10.7. The van der Waals surface area contributed by atoms with Crippen molar-refractivity contribution < 1.29 is 9.84 Å². The number of benzene rings is 1. The summed E-state index contributed by atoms with van der Waals surface area (Å²) in [7, 11) is 1.61. The van der Waals surface area contributed by atoms with Gasteiger partial charge in [-0.25, -0.2) is 0 Å². The SMILES string of the molecule is COCC(C)(O)C1(CN)CCc2ccccc21. The van der Waals surface area contributed by atoms with E-state index in [1.54, 1.807) is 7.11 Å².